The molecule has 0 aromatic carbocycles. The molecule has 0 fully saturated rings. The summed E-state index contributed by atoms with van der Waals surface area (Å²) in [5.41, 5.74) is 2.08. The molecule has 1 heteroatoms. The molecule has 0 aromatic heterocycles. The molecular weight excluding hydrogens is 199 g/mol. The van der Waals surface area contributed by atoms with Crippen molar-refractivity contribution in [2.24, 2.45) is 10.8 Å². The van der Waals surface area contributed by atoms with Crippen LogP contribution >= 0.6 is 9.24 Å². The predicted octanol–water partition coefficient (Wildman–Crippen LogP) is 4.58. The molecule has 86 valence electrons. The van der Waals surface area contributed by atoms with Gasteiger partial charge in [-0.15, -0.1) is 9.24 Å². The van der Waals surface area contributed by atoms with E-state index in [0.29, 0.717) is 0 Å². The zero-order valence-electron chi connectivity index (χ0n) is 11.0. The summed E-state index contributed by atoms with van der Waals surface area (Å²) in [5.74, 6) is 0. The lowest BCUT2D eigenvalue weighted by molar-refractivity contribution is 0.275. The molecule has 2 unspecified atom stereocenters. The van der Waals surface area contributed by atoms with Gasteiger partial charge in [0.2, 0.25) is 0 Å². The molecule has 2 atom stereocenters. The Balaban J connectivity index is 3.22. The highest BCUT2D eigenvalue weighted by molar-refractivity contribution is 7.19. The summed E-state index contributed by atoms with van der Waals surface area (Å²) in [6, 6.07) is 0. The highest BCUT2D eigenvalue weighted by atomic mass is 31.0. The first-order valence-electron chi connectivity index (χ1n) is 5.76. The molecule has 0 radical (unpaired) electrons. The van der Waals surface area contributed by atoms with E-state index in [2.05, 4.69) is 69.0 Å². The van der Waals surface area contributed by atoms with E-state index >= 15 is 0 Å². The first-order valence-corrected chi connectivity index (χ1v) is 6.33. The maximum Gasteiger partial charge on any atom is 0.0147 e. The molecule has 0 bridgehead atoms. The van der Waals surface area contributed by atoms with Crippen molar-refractivity contribution < 1.29 is 0 Å². The van der Waals surface area contributed by atoms with E-state index in [-0.39, 0.29) is 16.0 Å². The minimum atomic E-state index is 0.208. The van der Waals surface area contributed by atoms with Crippen LogP contribution in [0.15, 0.2) is 23.8 Å². The number of hydrogen-bond donors (Lipinski definition) is 0. The Morgan fingerprint density at radius 3 is 2.00 bits per heavy atom. The van der Waals surface area contributed by atoms with Crippen LogP contribution in [0.4, 0.5) is 0 Å². The summed E-state index contributed by atoms with van der Waals surface area (Å²) < 4.78 is 0. The Labute approximate surface area is 97.4 Å². The molecule has 0 saturated heterocycles. The highest BCUT2D eigenvalue weighted by Gasteiger charge is 2.44. The van der Waals surface area contributed by atoms with E-state index in [1.807, 2.05) is 0 Å². The topological polar surface area (TPSA) is 0 Å². The molecule has 0 saturated carbocycles. The van der Waals surface area contributed by atoms with Gasteiger partial charge < -0.3 is 0 Å². The van der Waals surface area contributed by atoms with Gasteiger partial charge >= 0.3 is 0 Å². The van der Waals surface area contributed by atoms with Crippen LogP contribution in [0.2, 0.25) is 0 Å². The van der Waals surface area contributed by atoms with Gasteiger partial charge in [-0.2, -0.15) is 0 Å². The van der Waals surface area contributed by atoms with Gasteiger partial charge in [0, 0.05) is 5.16 Å². The Bertz CT molecular complexity index is 296. The number of allylic oxidation sites excluding steroid dienone is 4. The SMILES string of the molecule is CC(C)(C)C1=CC=CCC1(P)C(C)(C)C. The van der Waals surface area contributed by atoms with Gasteiger partial charge in [-0.1, -0.05) is 65.3 Å². The molecule has 1 rings (SSSR count). The van der Waals surface area contributed by atoms with Gasteiger partial charge in [-0.25, -0.2) is 0 Å². The van der Waals surface area contributed by atoms with Crippen LogP contribution in [0.25, 0.3) is 0 Å². The Morgan fingerprint density at radius 1 is 1.13 bits per heavy atom. The molecule has 1 aliphatic rings. The lowest BCUT2D eigenvalue weighted by Crippen LogP contribution is -2.43. The monoisotopic (exact) mass is 224 g/mol. The minimum Gasteiger partial charge on any atom is -0.126 e. The average molecular weight is 224 g/mol. The summed E-state index contributed by atoms with van der Waals surface area (Å²) in [5, 5.41) is 0.208. The first kappa shape index (κ1) is 13.0. The van der Waals surface area contributed by atoms with Crippen LogP contribution in [0.1, 0.15) is 48.0 Å². The maximum atomic E-state index is 3.12. The van der Waals surface area contributed by atoms with Gasteiger partial charge in [0.1, 0.15) is 0 Å². The van der Waals surface area contributed by atoms with Crippen LogP contribution in [-0.2, 0) is 0 Å². The third-order valence-electron chi connectivity index (χ3n) is 3.47. The fraction of sp³-hybridized carbons (Fsp3) is 0.714. The molecule has 0 N–H and O–H groups in total. The lowest BCUT2D eigenvalue weighted by atomic mass is 9.65. The Morgan fingerprint density at radius 2 is 1.67 bits per heavy atom. The van der Waals surface area contributed by atoms with Crippen molar-refractivity contribution >= 4 is 9.24 Å². The average Bonchev–Trinajstić information content (AvgIpc) is 2.00. The molecule has 15 heavy (non-hydrogen) atoms. The zero-order valence-corrected chi connectivity index (χ0v) is 12.2. The summed E-state index contributed by atoms with van der Waals surface area (Å²) >= 11 is 0. The van der Waals surface area contributed by atoms with Gasteiger partial charge in [-0.05, 0) is 17.3 Å². The smallest absolute Gasteiger partial charge is 0.0147 e. The molecule has 0 nitrogen and oxygen atoms in total. The molecule has 0 amide bonds. The molecule has 0 aliphatic heterocycles. The maximum absolute atomic E-state index is 3.12. The fourth-order valence-electron chi connectivity index (χ4n) is 2.31. The third kappa shape index (κ3) is 2.36. The van der Waals surface area contributed by atoms with Crippen molar-refractivity contribution in [1.82, 2.24) is 0 Å². The van der Waals surface area contributed by atoms with Gasteiger partial charge in [0.25, 0.3) is 0 Å². The Kier molecular flexibility index (Phi) is 3.23. The summed E-state index contributed by atoms with van der Waals surface area (Å²) in [6.45, 7) is 13.9. The van der Waals surface area contributed by atoms with Gasteiger partial charge in [0.05, 0.1) is 0 Å². The van der Waals surface area contributed by atoms with E-state index in [1.165, 1.54) is 0 Å². The minimum absolute atomic E-state index is 0.208. The highest BCUT2D eigenvalue weighted by Crippen LogP contribution is 2.53. The van der Waals surface area contributed by atoms with Crippen molar-refractivity contribution in [2.45, 2.75) is 53.1 Å². The van der Waals surface area contributed by atoms with Crippen LogP contribution in [0.3, 0.4) is 0 Å². The van der Waals surface area contributed by atoms with Crippen LogP contribution in [0.5, 0.6) is 0 Å². The second-order valence-corrected chi connectivity index (χ2v) is 7.67. The summed E-state index contributed by atoms with van der Waals surface area (Å²) in [4.78, 5) is 0. The molecule has 0 aromatic rings. The zero-order chi connectivity index (χ0) is 11.9. The van der Waals surface area contributed by atoms with Gasteiger partial charge in [-0.3, -0.25) is 0 Å². The molecule has 0 spiro atoms. The van der Waals surface area contributed by atoms with Crippen molar-refractivity contribution in [1.29, 1.82) is 0 Å². The first-order chi connectivity index (χ1) is 6.59. The van der Waals surface area contributed by atoms with Crippen molar-refractivity contribution in [3.63, 3.8) is 0 Å². The van der Waals surface area contributed by atoms with E-state index < -0.39 is 0 Å². The molecule has 0 heterocycles. The largest absolute Gasteiger partial charge is 0.126 e. The second kappa shape index (κ2) is 3.74. The van der Waals surface area contributed by atoms with Crippen molar-refractivity contribution in [3.05, 3.63) is 23.8 Å². The quantitative estimate of drug-likeness (QED) is 0.528. The van der Waals surface area contributed by atoms with Crippen LogP contribution in [0, 0.1) is 10.8 Å². The number of hydrogen-bond acceptors (Lipinski definition) is 0. The number of rotatable bonds is 0. The van der Waals surface area contributed by atoms with Crippen LogP contribution < -0.4 is 0 Å². The summed E-state index contributed by atoms with van der Waals surface area (Å²) in [6.07, 6.45) is 7.92. The standard InChI is InChI=1S/C14H25P/c1-12(2,3)11-9-7-8-10-14(11,15)13(4,5)6/h7-9H,10,15H2,1-6H3. The van der Waals surface area contributed by atoms with E-state index in [0.717, 1.165) is 6.42 Å². The molecular formula is C14H25P. The van der Waals surface area contributed by atoms with Crippen molar-refractivity contribution in [3.8, 4) is 0 Å². The predicted molar refractivity (Wildman–Crippen MR) is 73.2 cm³/mol. The van der Waals surface area contributed by atoms with E-state index in [9.17, 15) is 0 Å². The lowest BCUT2D eigenvalue weighted by Gasteiger charge is -2.49. The molecule has 1 aliphatic carbocycles. The third-order valence-corrected chi connectivity index (χ3v) is 4.88. The summed E-state index contributed by atoms with van der Waals surface area (Å²) in [7, 11) is 3.12. The normalized spacial score (nSPS) is 27.8. The van der Waals surface area contributed by atoms with Crippen molar-refractivity contribution in [2.75, 3.05) is 0 Å². The second-order valence-electron chi connectivity index (χ2n) is 6.68. The van der Waals surface area contributed by atoms with Crippen LogP contribution in [-0.4, -0.2) is 5.16 Å². The fourth-order valence-corrected chi connectivity index (χ4v) is 2.97. The van der Waals surface area contributed by atoms with E-state index in [4.69, 9.17) is 0 Å². The Hall–Kier alpha value is -0.0900. The van der Waals surface area contributed by atoms with Gasteiger partial charge in [0.15, 0.2) is 0 Å². The van der Waals surface area contributed by atoms with E-state index in [1.54, 1.807) is 5.57 Å².